The first-order chi connectivity index (χ1) is 14.6. The van der Waals surface area contributed by atoms with Crippen molar-refractivity contribution in [3.8, 4) is 0 Å². The van der Waals surface area contributed by atoms with Gasteiger partial charge in [-0.3, -0.25) is 9.79 Å². The lowest BCUT2D eigenvalue weighted by molar-refractivity contribution is -0.114. The van der Waals surface area contributed by atoms with Gasteiger partial charge in [0.2, 0.25) is 5.91 Å². The molecule has 0 unspecified atom stereocenters. The van der Waals surface area contributed by atoms with Crippen molar-refractivity contribution in [2.45, 2.75) is 32.1 Å². The predicted octanol–water partition coefficient (Wildman–Crippen LogP) is 3.98. The highest BCUT2D eigenvalue weighted by molar-refractivity contribution is 8.15. The number of thioether (sulfide) groups is 1. The summed E-state index contributed by atoms with van der Waals surface area (Å²) in [6.07, 6.45) is 0. The Balaban J connectivity index is 1.62. The molecule has 0 spiro atoms. The SMILES string of the molecule is Cc1ccc(N(CC(=O)Nc2c(C)cccc2C)C2=N[C@@H]3CS(=O)(=O)C[C@@H]3S2)cc1Cl. The number of amides is 1. The summed E-state index contributed by atoms with van der Waals surface area (Å²) in [7, 11) is -3.05. The van der Waals surface area contributed by atoms with Crippen LogP contribution in [-0.4, -0.2) is 48.8 Å². The first-order valence-electron chi connectivity index (χ1n) is 9.97. The number of hydrogen-bond donors (Lipinski definition) is 1. The molecule has 31 heavy (non-hydrogen) atoms. The lowest BCUT2D eigenvalue weighted by atomic mass is 10.1. The van der Waals surface area contributed by atoms with Crippen LogP contribution in [0.25, 0.3) is 0 Å². The third kappa shape index (κ3) is 4.76. The molecule has 2 heterocycles. The van der Waals surface area contributed by atoms with Gasteiger partial charge in [0.1, 0.15) is 6.54 Å². The second kappa shape index (κ2) is 8.48. The van der Waals surface area contributed by atoms with Crippen LogP contribution in [0.15, 0.2) is 41.4 Å². The minimum absolute atomic E-state index is 0.0468. The highest BCUT2D eigenvalue weighted by Gasteiger charge is 2.44. The van der Waals surface area contributed by atoms with Gasteiger partial charge in [-0.05, 0) is 49.6 Å². The Labute approximate surface area is 192 Å². The van der Waals surface area contributed by atoms with Crippen molar-refractivity contribution in [3.63, 3.8) is 0 Å². The first kappa shape index (κ1) is 22.2. The molecular formula is C22H24ClN3O3S2. The van der Waals surface area contributed by atoms with Crippen molar-refractivity contribution in [1.29, 1.82) is 0 Å². The number of rotatable bonds is 4. The van der Waals surface area contributed by atoms with E-state index in [0.717, 1.165) is 28.1 Å². The molecule has 2 aliphatic rings. The molecule has 0 aromatic heterocycles. The summed E-state index contributed by atoms with van der Waals surface area (Å²) in [6.45, 7) is 5.88. The van der Waals surface area contributed by atoms with Crippen molar-refractivity contribution >= 4 is 55.6 Å². The topological polar surface area (TPSA) is 78.8 Å². The molecule has 2 atom stereocenters. The number of fused-ring (bicyclic) bond motifs is 1. The molecule has 6 nitrogen and oxygen atoms in total. The van der Waals surface area contributed by atoms with E-state index in [0.29, 0.717) is 10.2 Å². The minimum atomic E-state index is -3.05. The van der Waals surface area contributed by atoms with Crippen LogP contribution < -0.4 is 10.2 Å². The molecular weight excluding hydrogens is 454 g/mol. The highest BCUT2D eigenvalue weighted by atomic mass is 35.5. The second-order valence-corrected chi connectivity index (χ2v) is 11.8. The number of carbonyl (C=O) groups excluding carboxylic acids is 1. The summed E-state index contributed by atoms with van der Waals surface area (Å²) in [4.78, 5) is 19.5. The van der Waals surface area contributed by atoms with Gasteiger partial charge >= 0.3 is 0 Å². The van der Waals surface area contributed by atoms with E-state index in [1.54, 1.807) is 0 Å². The van der Waals surface area contributed by atoms with Gasteiger partial charge in [0.05, 0.1) is 17.5 Å². The number of benzene rings is 2. The average molecular weight is 478 g/mol. The van der Waals surface area contributed by atoms with E-state index >= 15 is 0 Å². The van der Waals surface area contributed by atoms with Crippen LogP contribution in [0.2, 0.25) is 5.02 Å². The Bertz CT molecular complexity index is 1160. The fourth-order valence-electron chi connectivity index (χ4n) is 3.82. The van der Waals surface area contributed by atoms with Crippen LogP contribution in [0.3, 0.4) is 0 Å². The van der Waals surface area contributed by atoms with Crippen LogP contribution in [0.4, 0.5) is 11.4 Å². The lowest BCUT2D eigenvalue weighted by Crippen LogP contribution is -2.37. The molecule has 0 aliphatic carbocycles. The molecule has 2 aromatic rings. The molecule has 2 aromatic carbocycles. The summed E-state index contributed by atoms with van der Waals surface area (Å²) in [5.41, 5.74) is 4.48. The number of halogens is 1. The first-order valence-corrected chi connectivity index (χ1v) is 13.1. The number of anilines is 2. The quantitative estimate of drug-likeness (QED) is 0.720. The van der Waals surface area contributed by atoms with E-state index < -0.39 is 9.84 Å². The molecule has 4 rings (SSSR count). The van der Waals surface area contributed by atoms with Gasteiger partial charge in [0.25, 0.3) is 0 Å². The Morgan fingerprint density at radius 2 is 1.87 bits per heavy atom. The molecule has 1 fully saturated rings. The maximum atomic E-state index is 13.0. The minimum Gasteiger partial charge on any atom is -0.324 e. The fourth-order valence-corrected chi connectivity index (χ4v) is 7.78. The maximum absolute atomic E-state index is 13.0. The summed E-state index contributed by atoms with van der Waals surface area (Å²) < 4.78 is 23.9. The zero-order valence-electron chi connectivity index (χ0n) is 17.6. The number of sulfone groups is 1. The van der Waals surface area contributed by atoms with Gasteiger partial charge in [-0.1, -0.05) is 47.6 Å². The number of carbonyl (C=O) groups is 1. The Morgan fingerprint density at radius 1 is 1.16 bits per heavy atom. The highest BCUT2D eigenvalue weighted by Crippen LogP contribution is 2.37. The third-order valence-electron chi connectivity index (χ3n) is 5.55. The largest absolute Gasteiger partial charge is 0.324 e. The van der Waals surface area contributed by atoms with E-state index in [2.05, 4.69) is 10.3 Å². The van der Waals surface area contributed by atoms with Gasteiger partial charge in [-0.25, -0.2) is 8.42 Å². The molecule has 0 saturated carbocycles. The zero-order valence-corrected chi connectivity index (χ0v) is 19.9. The lowest BCUT2D eigenvalue weighted by Gasteiger charge is -2.25. The molecule has 164 valence electrons. The Morgan fingerprint density at radius 3 is 2.52 bits per heavy atom. The normalized spacial score (nSPS) is 21.5. The monoisotopic (exact) mass is 477 g/mol. The van der Waals surface area contributed by atoms with Crippen molar-refractivity contribution in [2.75, 3.05) is 28.3 Å². The van der Waals surface area contributed by atoms with Crippen LogP contribution in [0.1, 0.15) is 16.7 Å². The van der Waals surface area contributed by atoms with Crippen molar-refractivity contribution in [2.24, 2.45) is 4.99 Å². The molecule has 0 radical (unpaired) electrons. The fraction of sp³-hybridized carbons (Fsp3) is 0.364. The third-order valence-corrected chi connectivity index (χ3v) is 9.21. The number of aliphatic imine (C=N–C) groups is 1. The zero-order chi connectivity index (χ0) is 22.3. The predicted molar refractivity (Wildman–Crippen MR) is 129 cm³/mol. The van der Waals surface area contributed by atoms with Gasteiger partial charge in [0, 0.05) is 21.6 Å². The molecule has 0 bridgehead atoms. The van der Waals surface area contributed by atoms with Gasteiger partial charge < -0.3 is 10.2 Å². The number of hydrogen-bond acceptors (Lipinski definition) is 6. The van der Waals surface area contributed by atoms with Gasteiger partial charge in [-0.2, -0.15) is 0 Å². The number of nitrogens with zero attached hydrogens (tertiary/aromatic N) is 2. The summed E-state index contributed by atoms with van der Waals surface area (Å²) in [5, 5.41) is 4.17. The van der Waals surface area contributed by atoms with E-state index in [1.165, 1.54) is 11.8 Å². The van der Waals surface area contributed by atoms with Crippen LogP contribution >= 0.6 is 23.4 Å². The maximum Gasteiger partial charge on any atom is 0.244 e. The number of nitrogens with one attached hydrogen (secondary N) is 1. The van der Waals surface area contributed by atoms with Crippen molar-refractivity contribution < 1.29 is 13.2 Å². The Hall–Kier alpha value is -2.03. The van der Waals surface area contributed by atoms with Crippen LogP contribution in [0.5, 0.6) is 0 Å². The smallest absolute Gasteiger partial charge is 0.244 e. The summed E-state index contributed by atoms with van der Waals surface area (Å²) >= 11 is 7.78. The van der Waals surface area contributed by atoms with E-state index in [-0.39, 0.29) is 35.2 Å². The van der Waals surface area contributed by atoms with Gasteiger partial charge in [0.15, 0.2) is 15.0 Å². The van der Waals surface area contributed by atoms with E-state index in [1.807, 2.05) is 62.1 Å². The van der Waals surface area contributed by atoms with Crippen LogP contribution in [-0.2, 0) is 14.6 Å². The molecule has 1 N–H and O–H groups in total. The molecule has 2 aliphatic heterocycles. The number of amidine groups is 1. The number of para-hydroxylation sites is 1. The standard InChI is InChI=1S/C22H24ClN3O3S2/c1-13-7-8-16(9-17(13)23)26(22-24-18-11-31(28,29)12-19(18)30-22)10-20(27)25-21-14(2)5-4-6-15(21)3/h4-9,18-19H,10-12H2,1-3H3,(H,25,27)/t18-,19+/m1/s1. The molecule has 1 amide bonds. The van der Waals surface area contributed by atoms with Crippen molar-refractivity contribution in [1.82, 2.24) is 0 Å². The van der Waals surface area contributed by atoms with Crippen LogP contribution in [0, 0.1) is 20.8 Å². The van der Waals surface area contributed by atoms with E-state index in [4.69, 9.17) is 11.6 Å². The Kier molecular flexibility index (Phi) is 6.07. The molecule has 9 heteroatoms. The second-order valence-electron chi connectivity index (χ2n) is 8.05. The summed E-state index contributed by atoms with van der Waals surface area (Å²) in [6, 6.07) is 11.2. The average Bonchev–Trinajstić information content (AvgIpc) is 3.18. The van der Waals surface area contributed by atoms with Gasteiger partial charge in [-0.15, -0.1) is 0 Å². The van der Waals surface area contributed by atoms with Crippen molar-refractivity contribution in [3.05, 3.63) is 58.1 Å². The van der Waals surface area contributed by atoms with E-state index in [9.17, 15) is 13.2 Å². The summed E-state index contributed by atoms with van der Waals surface area (Å²) in [5.74, 6) is -0.000367. The number of aryl methyl sites for hydroxylation is 3. The molecule has 1 saturated heterocycles.